The zero-order valence-electron chi connectivity index (χ0n) is 16.4. The van der Waals surface area contributed by atoms with E-state index in [0.29, 0.717) is 17.8 Å². The lowest BCUT2D eigenvalue weighted by Gasteiger charge is -2.29. The number of methoxy groups -OCH3 is 1. The van der Waals surface area contributed by atoms with E-state index in [1.165, 1.54) is 20.1 Å². The van der Waals surface area contributed by atoms with E-state index in [9.17, 15) is 26.4 Å². The molecule has 3 N–H and O–H groups in total. The Bertz CT molecular complexity index is 1160. The molecule has 0 saturated heterocycles. The number of carbonyl (C=O) groups excluding carboxylic acids is 2. The number of sulfone groups is 1. The minimum Gasteiger partial charge on any atom is -0.468 e. The van der Waals surface area contributed by atoms with Gasteiger partial charge in [-0.25, -0.2) is 22.0 Å². The molecule has 0 spiro atoms. The van der Waals surface area contributed by atoms with Crippen molar-refractivity contribution in [2.75, 3.05) is 13.7 Å². The average molecular weight is 475 g/mol. The fourth-order valence-corrected chi connectivity index (χ4v) is 8.27. The Labute approximate surface area is 179 Å². The maximum Gasteiger partial charge on any atom is 0.316 e. The SMILES string of the molecule is COC(=O)[C@@]1(CCNC(=O)[C@@]2(C)Cc3cc(S(N)(=O)=O)sc3S2(=O)=O)C=CC=CC1. The van der Waals surface area contributed by atoms with Crippen LogP contribution in [-0.4, -0.2) is 47.1 Å². The summed E-state index contributed by atoms with van der Waals surface area (Å²) in [5.74, 6) is -1.15. The van der Waals surface area contributed by atoms with E-state index >= 15 is 0 Å². The Morgan fingerprint density at radius 3 is 2.57 bits per heavy atom. The molecule has 30 heavy (non-hydrogen) atoms. The molecule has 0 unspecified atom stereocenters. The number of primary sulfonamides is 1. The van der Waals surface area contributed by atoms with Crippen LogP contribution in [0.15, 0.2) is 38.8 Å². The number of sulfonamides is 1. The topological polar surface area (TPSA) is 150 Å². The number of amides is 1. The molecular weight excluding hydrogens is 452 g/mol. The number of nitrogens with two attached hydrogens (primary N) is 1. The van der Waals surface area contributed by atoms with Gasteiger partial charge in [0.2, 0.25) is 25.8 Å². The Balaban J connectivity index is 1.75. The van der Waals surface area contributed by atoms with Crippen molar-refractivity contribution < 1.29 is 31.2 Å². The largest absolute Gasteiger partial charge is 0.468 e. The molecule has 12 heteroatoms. The van der Waals surface area contributed by atoms with Gasteiger partial charge in [-0.3, -0.25) is 9.59 Å². The van der Waals surface area contributed by atoms with Gasteiger partial charge in [-0.2, -0.15) is 0 Å². The molecule has 0 fully saturated rings. The summed E-state index contributed by atoms with van der Waals surface area (Å²) in [6.45, 7) is 1.37. The van der Waals surface area contributed by atoms with E-state index in [1.807, 2.05) is 6.08 Å². The Morgan fingerprint density at radius 1 is 1.33 bits per heavy atom. The zero-order chi connectivity index (χ0) is 22.4. The van der Waals surface area contributed by atoms with Gasteiger partial charge in [0, 0.05) is 13.0 Å². The van der Waals surface area contributed by atoms with Crippen LogP contribution in [0.25, 0.3) is 0 Å². The summed E-state index contributed by atoms with van der Waals surface area (Å²) >= 11 is 0.550. The predicted molar refractivity (Wildman–Crippen MR) is 110 cm³/mol. The second kappa shape index (κ2) is 7.59. The van der Waals surface area contributed by atoms with Gasteiger partial charge < -0.3 is 10.1 Å². The highest BCUT2D eigenvalue weighted by molar-refractivity contribution is 7.97. The summed E-state index contributed by atoms with van der Waals surface area (Å²) in [4.78, 5) is 25.1. The normalized spacial score (nSPS) is 26.9. The second-order valence-electron chi connectivity index (χ2n) is 7.48. The van der Waals surface area contributed by atoms with Gasteiger partial charge in [0.1, 0.15) is 8.42 Å². The first-order valence-corrected chi connectivity index (χ1v) is 12.8. The highest BCUT2D eigenvalue weighted by Gasteiger charge is 2.54. The molecule has 2 aliphatic rings. The van der Waals surface area contributed by atoms with Crippen LogP contribution in [0.2, 0.25) is 0 Å². The summed E-state index contributed by atoms with van der Waals surface area (Å²) < 4.78 is 51.7. The van der Waals surface area contributed by atoms with E-state index in [4.69, 9.17) is 9.88 Å². The molecule has 3 rings (SSSR count). The third-order valence-corrected chi connectivity index (χ3v) is 11.0. The monoisotopic (exact) mass is 474 g/mol. The number of allylic oxidation sites excluding steroid dienone is 3. The maximum atomic E-state index is 13.0. The van der Waals surface area contributed by atoms with E-state index in [2.05, 4.69) is 5.32 Å². The smallest absolute Gasteiger partial charge is 0.316 e. The van der Waals surface area contributed by atoms with E-state index in [1.54, 1.807) is 18.2 Å². The van der Waals surface area contributed by atoms with Crippen molar-refractivity contribution in [2.24, 2.45) is 10.6 Å². The quantitative estimate of drug-likeness (QED) is 0.575. The molecule has 0 aromatic carbocycles. The van der Waals surface area contributed by atoms with Gasteiger partial charge in [0.15, 0.2) is 4.75 Å². The standard InChI is InChI=1S/C18H22N2O7S3/c1-17(11-12-10-13(30(19,25)26)28-14(12)29(17,23)24)15(21)20-9-8-18(16(22)27-2)6-4-3-5-7-18/h3-6,10H,7-9,11H2,1-2H3,(H,20,21)(H2,19,25,26)/t17-,18+/m1/s1. The van der Waals surface area contributed by atoms with Crippen LogP contribution in [0.4, 0.5) is 0 Å². The molecule has 2 heterocycles. The number of hydrogen-bond acceptors (Lipinski definition) is 8. The molecular formula is C18H22N2O7S3. The fraction of sp³-hybridized carbons (Fsp3) is 0.444. The van der Waals surface area contributed by atoms with Crippen LogP contribution < -0.4 is 10.5 Å². The number of thiophene rings is 1. The Kier molecular flexibility index (Phi) is 5.73. The van der Waals surface area contributed by atoms with Gasteiger partial charge in [0.05, 0.1) is 12.5 Å². The number of fused-ring (bicyclic) bond motifs is 1. The molecule has 0 saturated carbocycles. The van der Waals surface area contributed by atoms with Crippen LogP contribution in [0, 0.1) is 5.41 Å². The lowest BCUT2D eigenvalue weighted by Crippen LogP contribution is -2.50. The molecule has 1 aromatic rings. The molecule has 1 aliphatic carbocycles. The van der Waals surface area contributed by atoms with Crippen LogP contribution in [0.1, 0.15) is 25.3 Å². The van der Waals surface area contributed by atoms with Gasteiger partial charge in [-0.05, 0) is 31.4 Å². The molecule has 1 amide bonds. The number of esters is 1. The third-order valence-electron chi connectivity index (χ3n) is 5.47. The molecule has 2 atom stereocenters. The Hall–Kier alpha value is -2.02. The second-order valence-corrected chi connectivity index (χ2v) is 12.9. The first-order valence-electron chi connectivity index (χ1n) is 8.99. The van der Waals surface area contributed by atoms with Gasteiger partial charge >= 0.3 is 5.97 Å². The van der Waals surface area contributed by atoms with Crippen molar-refractivity contribution >= 4 is 43.1 Å². The summed E-state index contributed by atoms with van der Waals surface area (Å²) in [6.07, 6.45) is 7.56. The highest BCUT2D eigenvalue weighted by Crippen LogP contribution is 2.45. The lowest BCUT2D eigenvalue weighted by molar-refractivity contribution is -0.150. The van der Waals surface area contributed by atoms with Crippen molar-refractivity contribution in [3.63, 3.8) is 0 Å². The fourth-order valence-electron chi connectivity index (χ4n) is 3.64. The number of nitrogens with one attached hydrogen (secondary N) is 1. The minimum absolute atomic E-state index is 0.0628. The van der Waals surface area contributed by atoms with Gasteiger partial charge in [-0.1, -0.05) is 24.3 Å². The van der Waals surface area contributed by atoms with Crippen molar-refractivity contribution in [1.29, 1.82) is 0 Å². The van der Waals surface area contributed by atoms with Crippen LogP contribution in [-0.2, 0) is 40.6 Å². The van der Waals surface area contributed by atoms with Gasteiger partial charge in [-0.15, -0.1) is 11.3 Å². The van der Waals surface area contributed by atoms with Crippen molar-refractivity contribution in [3.8, 4) is 0 Å². The molecule has 164 valence electrons. The first kappa shape index (κ1) is 22.7. The van der Waals surface area contributed by atoms with Gasteiger partial charge in [0.25, 0.3) is 0 Å². The summed E-state index contributed by atoms with van der Waals surface area (Å²) in [5.41, 5.74) is -0.664. The first-order chi connectivity index (χ1) is 13.9. The molecule has 9 nitrogen and oxygen atoms in total. The molecule has 0 bridgehead atoms. The van der Waals surface area contributed by atoms with E-state index in [0.717, 1.165) is 0 Å². The van der Waals surface area contributed by atoms with Crippen LogP contribution >= 0.6 is 11.3 Å². The lowest BCUT2D eigenvalue weighted by atomic mass is 9.78. The van der Waals surface area contributed by atoms with Crippen molar-refractivity contribution in [1.82, 2.24) is 5.32 Å². The minimum atomic E-state index is -4.11. The molecule has 1 aromatic heterocycles. The number of carbonyl (C=O) groups is 2. The molecule has 1 aliphatic heterocycles. The zero-order valence-corrected chi connectivity index (χ0v) is 18.8. The van der Waals surface area contributed by atoms with Crippen LogP contribution in [0.5, 0.6) is 0 Å². The highest BCUT2D eigenvalue weighted by atomic mass is 32.3. The number of hydrogen-bond donors (Lipinski definition) is 2. The maximum absolute atomic E-state index is 13.0. The average Bonchev–Trinajstić information content (AvgIpc) is 3.19. The number of rotatable bonds is 6. The van der Waals surface area contributed by atoms with Crippen LogP contribution in [0.3, 0.4) is 0 Å². The third kappa shape index (κ3) is 3.61. The number of ether oxygens (including phenoxy) is 1. The van der Waals surface area contributed by atoms with Crippen molar-refractivity contribution in [3.05, 3.63) is 35.9 Å². The Morgan fingerprint density at radius 2 is 2.03 bits per heavy atom. The summed E-state index contributed by atoms with van der Waals surface area (Å²) in [7, 11) is -6.85. The summed E-state index contributed by atoms with van der Waals surface area (Å²) in [6, 6.07) is 1.21. The van der Waals surface area contributed by atoms with E-state index in [-0.39, 0.29) is 33.4 Å². The summed E-state index contributed by atoms with van der Waals surface area (Å²) in [5, 5.41) is 7.70. The predicted octanol–water partition coefficient (Wildman–Crippen LogP) is 0.666. The molecule has 0 radical (unpaired) electrons. The van der Waals surface area contributed by atoms with E-state index < -0.39 is 41.9 Å². The van der Waals surface area contributed by atoms with Crippen molar-refractivity contribution in [2.45, 2.75) is 39.4 Å².